The second kappa shape index (κ2) is 7.70. The minimum absolute atomic E-state index is 0.00580. The number of imide groups is 1. The number of anilines is 1. The summed E-state index contributed by atoms with van der Waals surface area (Å²) in [6.07, 6.45) is 0. The van der Waals surface area contributed by atoms with Crippen molar-refractivity contribution in [2.45, 2.75) is 0 Å². The zero-order chi connectivity index (χ0) is 22.3. The number of fused-ring (bicyclic) bond motifs is 1. The highest BCUT2D eigenvalue weighted by Gasteiger charge is 2.39. The van der Waals surface area contributed by atoms with Crippen LogP contribution in [-0.4, -0.2) is 36.0 Å². The molecule has 0 spiro atoms. The molecular weight excluding hydrogens is 422 g/mol. The Labute approximate surface area is 181 Å². The van der Waals surface area contributed by atoms with Crippen molar-refractivity contribution in [3.63, 3.8) is 0 Å². The van der Waals surface area contributed by atoms with E-state index in [9.17, 15) is 24.3 Å². The second-order valence-corrected chi connectivity index (χ2v) is 7.12. The Morgan fingerprint density at radius 1 is 0.903 bits per heavy atom. The number of esters is 1. The lowest BCUT2D eigenvalue weighted by Crippen LogP contribution is -2.31. The highest BCUT2D eigenvalue weighted by molar-refractivity contribution is 6.36. The van der Waals surface area contributed by atoms with Crippen molar-refractivity contribution in [2.24, 2.45) is 0 Å². The molecule has 8 heteroatoms. The van der Waals surface area contributed by atoms with Crippen LogP contribution < -0.4 is 4.90 Å². The first-order valence-electron chi connectivity index (χ1n) is 9.07. The van der Waals surface area contributed by atoms with Crippen LogP contribution in [0.15, 0.2) is 60.7 Å². The van der Waals surface area contributed by atoms with E-state index in [0.717, 1.165) is 11.0 Å². The molecule has 3 aromatic carbocycles. The Balaban J connectivity index is 1.89. The highest BCUT2D eigenvalue weighted by Crippen LogP contribution is 2.36. The van der Waals surface area contributed by atoms with Gasteiger partial charge in [-0.25, -0.2) is 14.5 Å². The van der Waals surface area contributed by atoms with E-state index in [1.54, 1.807) is 30.3 Å². The number of rotatable bonds is 4. The van der Waals surface area contributed by atoms with Gasteiger partial charge in [0.1, 0.15) is 0 Å². The van der Waals surface area contributed by atoms with Gasteiger partial charge in [0.15, 0.2) is 0 Å². The van der Waals surface area contributed by atoms with Crippen LogP contribution in [-0.2, 0) is 4.74 Å². The van der Waals surface area contributed by atoms with Gasteiger partial charge in [-0.05, 0) is 42.0 Å². The summed E-state index contributed by atoms with van der Waals surface area (Å²) in [5, 5.41) is 9.66. The van der Waals surface area contributed by atoms with E-state index in [4.69, 9.17) is 16.3 Å². The van der Waals surface area contributed by atoms with E-state index in [-0.39, 0.29) is 27.9 Å². The van der Waals surface area contributed by atoms with Gasteiger partial charge in [-0.3, -0.25) is 9.59 Å². The lowest BCUT2D eigenvalue weighted by Gasteiger charge is -2.19. The summed E-state index contributed by atoms with van der Waals surface area (Å²) in [5.41, 5.74) is 1.12. The number of nitrogens with zero attached hydrogens (tertiary/aromatic N) is 1. The summed E-state index contributed by atoms with van der Waals surface area (Å²) in [6.45, 7) is 0. The third kappa shape index (κ3) is 3.35. The monoisotopic (exact) mass is 435 g/mol. The van der Waals surface area contributed by atoms with Crippen molar-refractivity contribution in [2.75, 3.05) is 12.0 Å². The normalized spacial score (nSPS) is 12.6. The van der Waals surface area contributed by atoms with Crippen LogP contribution in [0.1, 0.15) is 41.4 Å². The molecule has 0 bridgehead atoms. The minimum Gasteiger partial charge on any atom is -0.478 e. The number of carbonyl (C=O) groups excluding carboxylic acids is 3. The van der Waals surface area contributed by atoms with Crippen LogP contribution in [0.5, 0.6) is 0 Å². The average molecular weight is 436 g/mol. The van der Waals surface area contributed by atoms with Crippen LogP contribution in [0.3, 0.4) is 0 Å². The molecule has 1 aliphatic heterocycles. The number of carboxylic acid groups (broad SMARTS) is 1. The molecule has 7 nitrogen and oxygen atoms in total. The number of ether oxygens (including phenoxy) is 1. The Kier molecular flexibility index (Phi) is 5.04. The summed E-state index contributed by atoms with van der Waals surface area (Å²) in [5.74, 6) is -3.36. The molecule has 4 rings (SSSR count). The summed E-state index contributed by atoms with van der Waals surface area (Å²) in [7, 11) is 1.19. The fourth-order valence-corrected chi connectivity index (χ4v) is 3.70. The smallest absolute Gasteiger partial charge is 0.339 e. The molecule has 0 fully saturated rings. The van der Waals surface area contributed by atoms with Crippen molar-refractivity contribution < 1.29 is 29.0 Å². The summed E-state index contributed by atoms with van der Waals surface area (Å²) >= 11 is 6.28. The fraction of sp³-hybridized carbons (Fsp3) is 0.0435. The van der Waals surface area contributed by atoms with Gasteiger partial charge in [0.2, 0.25) is 0 Å². The zero-order valence-corrected chi connectivity index (χ0v) is 16.8. The number of carbonyl (C=O) groups is 4. The fourth-order valence-electron chi connectivity index (χ4n) is 3.45. The van der Waals surface area contributed by atoms with Gasteiger partial charge in [-0.2, -0.15) is 0 Å². The maximum Gasteiger partial charge on any atom is 0.339 e. The van der Waals surface area contributed by atoms with Crippen molar-refractivity contribution >= 4 is 41.0 Å². The van der Waals surface area contributed by atoms with E-state index in [2.05, 4.69) is 0 Å². The van der Waals surface area contributed by atoms with E-state index < -0.39 is 23.8 Å². The van der Waals surface area contributed by atoms with Gasteiger partial charge in [0.25, 0.3) is 11.8 Å². The number of aromatic carboxylic acids is 1. The van der Waals surface area contributed by atoms with Crippen molar-refractivity contribution in [1.29, 1.82) is 0 Å². The third-order valence-electron chi connectivity index (χ3n) is 4.96. The van der Waals surface area contributed by atoms with E-state index in [1.165, 1.54) is 31.4 Å². The molecule has 0 saturated carbocycles. The summed E-state index contributed by atoms with van der Waals surface area (Å²) in [6, 6.07) is 15.3. The van der Waals surface area contributed by atoms with Crippen LogP contribution in [0.2, 0.25) is 5.02 Å². The van der Waals surface area contributed by atoms with E-state index >= 15 is 0 Å². The lowest BCUT2D eigenvalue weighted by molar-refractivity contribution is 0.0600. The van der Waals surface area contributed by atoms with Gasteiger partial charge >= 0.3 is 11.9 Å². The van der Waals surface area contributed by atoms with Crippen LogP contribution >= 0.6 is 11.6 Å². The van der Waals surface area contributed by atoms with Crippen LogP contribution in [0, 0.1) is 0 Å². The lowest BCUT2D eigenvalue weighted by atomic mass is 10.0. The molecule has 3 aromatic rings. The molecular formula is C23H14ClNO6. The molecule has 0 aromatic heterocycles. The van der Waals surface area contributed by atoms with Gasteiger partial charge in [0.05, 0.1) is 35.1 Å². The first-order chi connectivity index (χ1) is 14.8. The Bertz CT molecular complexity index is 1280. The molecule has 154 valence electrons. The van der Waals surface area contributed by atoms with E-state index in [1.807, 2.05) is 0 Å². The van der Waals surface area contributed by atoms with Crippen molar-refractivity contribution in [3.05, 3.63) is 87.9 Å². The molecule has 0 atom stereocenters. The first-order valence-corrected chi connectivity index (χ1v) is 9.44. The molecule has 31 heavy (non-hydrogen) atoms. The predicted molar refractivity (Wildman–Crippen MR) is 113 cm³/mol. The van der Waals surface area contributed by atoms with Gasteiger partial charge < -0.3 is 9.84 Å². The van der Waals surface area contributed by atoms with Gasteiger partial charge in [-0.1, -0.05) is 35.9 Å². The van der Waals surface area contributed by atoms with Crippen molar-refractivity contribution in [1.82, 2.24) is 0 Å². The number of carboxylic acids is 1. The average Bonchev–Trinajstić information content (AvgIpc) is 3.02. The molecule has 0 aliphatic carbocycles. The standard InChI is InChI=1S/C23H14ClNO6/c1-31-23(30)16-9-6-12(14-4-2-3-5-18(14)24)11-19(16)25-20(26)15-8-7-13(22(28)29)10-17(15)21(25)27/h2-11H,1H3,(H,28,29). The van der Waals surface area contributed by atoms with E-state index in [0.29, 0.717) is 16.1 Å². The minimum atomic E-state index is -1.22. The van der Waals surface area contributed by atoms with Gasteiger partial charge in [-0.15, -0.1) is 0 Å². The molecule has 1 N–H and O–H groups in total. The molecule has 0 radical (unpaired) electrons. The molecule has 0 unspecified atom stereocenters. The van der Waals surface area contributed by atoms with Gasteiger partial charge in [0, 0.05) is 10.6 Å². The number of amides is 2. The largest absolute Gasteiger partial charge is 0.478 e. The third-order valence-corrected chi connectivity index (χ3v) is 5.29. The number of benzene rings is 3. The van der Waals surface area contributed by atoms with Crippen LogP contribution in [0.25, 0.3) is 11.1 Å². The molecule has 2 amide bonds. The predicted octanol–water partition coefficient (Wildman–Crippen LogP) is 4.29. The maximum atomic E-state index is 13.1. The SMILES string of the molecule is COC(=O)c1ccc(-c2ccccc2Cl)cc1N1C(=O)c2ccc(C(=O)O)cc2C1=O. The Morgan fingerprint density at radius 2 is 1.61 bits per heavy atom. The number of hydrogen-bond donors (Lipinski definition) is 1. The molecule has 1 heterocycles. The summed E-state index contributed by atoms with van der Waals surface area (Å²) in [4.78, 5) is 50.6. The van der Waals surface area contributed by atoms with Crippen molar-refractivity contribution in [3.8, 4) is 11.1 Å². The zero-order valence-electron chi connectivity index (χ0n) is 16.1. The molecule has 0 saturated heterocycles. The highest BCUT2D eigenvalue weighted by atomic mass is 35.5. The second-order valence-electron chi connectivity index (χ2n) is 6.71. The maximum absolute atomic E-state index is 13.1. The van der Waals surface area contributed by atoms with Crippen LogP contribution in [0.4, 0.5) is 5.69 Å². The quantitative estimate of drug-likeness (QED) is 0.484. The summed E-state index contributed by atoms with van der Waals surface area (Å²) < 4.78 is 4.81. The molecule has 1 aliphatic rings. The Morgan fingerprint density at radius 3 is 2.29 bits per heavy atom. The Hall–Kier alpha value is -3.97. The number of methoxy groups -OCH3 is 1. The number of hydrogen-bond acceptors (Lipinski definition) is 5. The first kappa shape index (κ1) is 20.3. The topological polar surface area (TPSA) is 101 Å². The number of halogens is 1.